The molecule has 0 unspecified atom stereocenters. The highest BCUT2D eigenvalue weighted by molar-refractivity contribution is 6.31. The SMILES string of the molecule is COCc1nn(Cc2ccc([N+](=O)[O-])cc2Cl)c(=O)o1. The van der Waals surface area contributed by atoms with Crippen molar-refractivity contribution < 1.29 is 14.1 Å². The van der Waals surface area contributed by atoms with E-state index in [1.165, 1.54) is 25.3 Å². The molecular weight excluding hydrogens is 290 g/mol. The van der Waals surface area contributed by atoms with Crippen LogP contribution in [0, 0.1) is 10.1 Å². The number of nitrogens with zero attached hydrogens (tertiary/aromatic N) is 3. The van der Waals surface area contributed by atoms with Crippen molar-refractivity contribution in [1.29, 1.82) is 0 Å². The predicted octanol–water partition coefficient (Wildman–Crippen LogP) is 1.59. The molecule has 1 aromatic carbocycles. The van der Waals surface area contributed by atoms with E-state index in [1.54, 1.807) is 0 Å². The van der Waals surface area contributed by atoms with Gasteiger partial charge in [-0.3, -0.25) is 10.1 Å². The smallest absolute Gasteiger partial charge is 0.390 e. The Kier molecular flexibility index (Phi) is 4.16. The molecule has 20 heavy (non-hydrogen) atoms. The lowest BCUT2D eigenvalue weighted by Crippen LogP contribution is -2.16. The van der Waals surface area contributed by atoms with Gasteiger partial charge in [0, 0.05) is 19.2 Å². The molecule has 0 aliphatic carbocycles. The molecule has 0 bridgehead atoms. The van der Waals surface area contributed by atoms with Crippen LogP contribution < -0.4 is 5.76 Å². The highest BCUT2D eigenvalue weighted by Crippen LogP contribution is 2.22. The quantitative estimate of drug-likeness (QED) is 0.614. The average molecular weight is 300 g/mol. The fourth-order valence-electron chi connectivity index (χ4n) is 1.57. The molecule has 2 aromatic rings. The highest BCUT2D eigenvalue weighted by Gasteiger charge is 2.13. The number of hydrogen-bond donors (Lipinski definition) is 0. The molecule has 0 aliphatic heterocycles. The summed E-state index contributed by atoms with van der Waals surface area (Å²) < 4.78 is 10.7. The summed E-state index contributed by atoms with van der Waals surface area (Å²) in [7, 11) is 1.45. The Hall–Kier alpha value is -2.19. The zero-order chi connectivity index (χ0) is 14.7. The number of non-ortho nitro benzene ring substituents is 1. The number of halogens is 1. The van der Waals surface area contributed by atoms with Crippen molar-refractivity contribution in [3.05, 3.63) is 55.3 Å². The van der Waals surface area contributed by atoms with Crippen molar-refractivity contribution in [3.63, 3.8) is 0 Å². The van der Waals surface area contributed by atoms with E-state index in [9.17, 15) is 14.9 Å². The van der Waals surface area contributed by atoms with Crippen LogP contribution in [0.1, 0.15) is 11.5 Å². The molecule has 0 amide bonds. The minimum atomic E-state index is -0.647. The molecule has 2 rings (SSSR count). The monoisotopic (exact) mass is 299 g/mol. The van der Waals surface area contributed by atoms with Crippen LogP contribution in [0.15, 0.2) is 27.4 Å². The summed E-state index contributed by atoms with van der Waals surface area (Å²) in [6.07, 6.45) is 0. The van der Waals surface area contributed by atoms with Crippen LogP contribution in [0.2, 0.25) is 5.02 Å². The number of methoxy groups -OCH3 is 1. The van der Waals surface area contributed by atoms with Crippen molar-refractivity contribution >= 4 is 17.3 Å². The Labute approximate surface area is 117 Å². The van der Waals surface area contributed by atoms with Crippen LogP contribution in [-0.4, -0.2) is 21.8 Å². The third-order valence-electron chi connectivity index (χ3n) is 2.48. The first-order valence-electron chi connectivity index (χ1n) is 5.50. The Morgan fingerprint density at radius 1 is 1.55 bits per heavy atom. The molecule has 0 saturated carbocycles. The van der Waals surface area contributed by atoms with Crippen LogP contribution in [0.3, 0.4) is 0 Å². The molecule has 0 aliphatic rings. The lowest BCUT2D eigenvalue weighted by Gasteiger charge is -2.02. The molecule has 0 radical (unpaired) electrons. The number of aromatic nitrogens is 2. The molecule has 0 spiro atoms. The van der Waals surface area contributed by atoms with Crippen LogP contribution in [0.25, 0.3) is 0 Å². The van der Waals surface area contributed by atoms with Gasteiger partial charge >= 0.3 is 5.76 Å². The standard InChI is InChI=1S/C11H10ClN3O5/c1-19-6-10-13-14(11(16)20-10)5-7-2-3-8(15(17)18)4-9(7)12/h2-4H,5-6H2,1H3. The van der Waals surface area contributed by atoms with Gasteiger partial charge in [0.1, 0.15) is 6.61 Å². The van der Waals surface area contributed by atoms with E-state index >= 15 is 0 Å². The molecule has 9 heteroatoms. The van der Waals surface area contributed by atoms with E-state index in [4.69, 9.17) is 20.8 Å². The number of rotatable bonds is 5. The number of ether oxygens (including phenoxy) is 1. The maximum absolute atomic E-state index is 11.5. The Bertz CT molecular complexity index is 694. The molecule has 1 heterocycles. The minimum absolute atomic E-state index is 0.0584. The van der Waals surface area contributed by atoms with Gasteiger partial charge in [-0.25, -0.2) is 4.79 Å². The molecule has 106 valence electrons. The average Bonchev–Trinajstić information content (AvgIpc) is 2.72. The maximum Gasteiger partial charge on any atom is 0.437 e. The number of nitro benzene ring substituents is 1. The molecule has 0 atom stereocenters. The fourth-order valence-corrected chi connectivity index (χ4v) is 1.80. The normalized spacial score (nSPS) is 10.7. The van der Waals surface area contributed by atoms with Crippen molar-refractivity contribution in [3.8, 4) is 0 Å². The summed E-state index contributed by atoms with van der Waals surface area (Å²) in [5, 5.41) is 14.7. The minimum Gasteiger partial charge on any atom is -0.390 e. The summed E-state index contributed by atoms with van der Waals surface area (Å²) in [6.45, 7) is 0.138. The van der Waals surface area contributed by atoms with Crippen molar-refractivity contribution in [2.24, 2.45) is 0 Å². The zero-order valence-electron chi connectivity index (χ0n) is 10.4. The van der Waals surface area contributed by atoms with Gasteiger partial charge in [-0.2, -0.15) is 4.68 Å². The lowest BCUT2D eigenvalue weighted by molar-refractivity contribution is -0.384. The maximum atomic E-state index is 11.5. The number of hydrogen-bond acceptors (Lipinski definition) is 6. The molecule has 1 aromatic heterocycles. The molecule has 8 nitrogen and oxygen atoms in total. The second kappa shape index (κ2) is 5.85. The van der Waals surface area contributed by atoms with E-state index < -0.39 is 10.7 Å². The van der Waals surface area contributed by atoms with Crippen LogP contribution in [-0.2, 0) is 17.9 Å². The van der Waals surface area contributed by atoms with Gasteiger partial charge in [-0.05, 0) is 11.6 Å². The Balaban J connectivity index is 2.26. The van der Waals surface area contributed by atoms with Gasteiger partial charge in [0.15, 0.2) is 0 Å². The second-order valence-electron chi connectivity index (χ2n) is 3.89. The predicted molar refractivity (Wildman–Crippen MR) is 68.7 cm³/mol. The summed E-state index contributed by atoms with van der Waals surface area (Å²) >= 11 is 5.94. The topological polar surface area (TPSA) is 100 Å². The van der Waals surface area contributed by atoms with Crippen LogP contribution in [0.4, 0.5) is 5.69 Å². The van der Waals surface area contributed by atoms with Crippen molar-refractivity contribution in [2.75, 3.05) is 7.11 Å². The summed E-state index contributed by atoms with van der Waals surface area (Å²) in [6, 6.07) is 4.00. The highest BCUT2D eigenvalue weighted by atomic mass is 35.5. The van der Waals surface area contributed by atoms with E-state index in [1.807, 2.05) is 0 Å². The second-order valence-corrected chi connectivity index (χ2v) is 4.29. The first-order valence-corrected chi connectivity index (χ1v) is 5.87. The Morgan fingerprint density at radius 2 is 2.30 bits per heavy atom. The first kappa shape index (κ1) is 14.2. The third kappa shape index (κ3) is 3.03. The van der Waals surface area contributed by atoms with Crippen LogP contribution >= 0.6 is 11.6 Å². The summed E-state index contributed by atoms with van der Waals surface area (Å²) in [5.41, 5.74) is 0.406. The molecular formula is C11H10ClN3O5. The number of benzene rings is 1. The number of nitro groups is 1. The van der Waals surface area contributed by atoms with Gasteiger partial charge in [0.2, 0.25) is 5.89 Å². The van der Waals surface area contributed by atoms with E-state index in [-0.39, 0.29) is 29.8 Å². The Morgan fingerprint density at radius 3 is 2.90 bits per heavy atom. The van der Waals surface area contributed by atoms with Gasteiger partial charge in [0.25, 0.3) is 5.69 Å². The van der Waals surface area contributed by atoms with E-state index in [0.29, 0.717) is 5.56 Å². The molecule has 0 N–H and O–H groups in total. The molecule has 0 fully saturated rings. The summed E-state index contributed by atoms with van der Waals surface area (Å²) in [5.74, 6) is -0.498. The largest absolute Gasteiger partial charge is 0.437 e. The van der Waals surface area contributed by atoms with Gasteiger partial charge in [-0.1, -0.05) is 11.6 Å². The fraction of sp³-hybridized carbons (Fsp3) is 0.273. The van der Waals surface area contributed by atoms with Gasteiger partial charge in [0.05, 0.1) is 16.5 Å². The third-order valence-corrected chi connectivity index (χ3v) is 2.84. The summed E-state index contributed by atoms with van der Waals surface area (Å²) in [4.78, 5) is 21.6. The molecule has 0 saturated heterocycles. The van der Waals surface area contributed by atoms with Crippen molar-refractivity contribution in [1.82, 2.24) is 9.78 Å². The van der Waals surface area contributed by atoms with Gasteiger partial charge in [-0.15, -0.1) is 5.10 Å². The lowest BCUT2D eigenvalue weighted by atomic mass is 10.2. The van der Waals surface area contributed by atoms with E-state index in [0.717, 1.165) is 4.68 Å². The van der Waals surface area contributed by atoms with Crippen molar-refractivity contribution in [2.45, 2.75) is 13.2 Å². The first-order chi connectivity index (χ1) is 9.51. The zero-order valence-corrected chi connectivity index (χ0v) is 11.2. The van der Waals surface area contributed by atoms with Crippen LogP contribution in [0.5, 0.6) is 0 Å². The van der Waals surface area contributed by atoms with Gasteiger partial charge < -0.3 is 9.15 Å². The van der Waals surface area contributed by atoms with E-state index in [2.05, 4.69) is 5.10 Å².